The van der Waals surface area contributed by atoms with Crippen molar-refractivity contribution in [1.29, 1.82) is 0 Å². The highest BCUT2D eigenvalue weighted by atomic mass is 35.5. The van der Waals surface area contributed by atoms with Crippen LogP contribution in [0.2, 0.25) is 10.0 Å². The summed E-state index contributed by atoms with van der Waals surface area (Å²) < 4.78 is 10.3. The van der Waals surface area contributed by atoms with Crippen molar-refractivity contribution in [2.75, 3.05) is 32.2 Å². The molecule has 0 aromatic heterocycles. The fourth-order valence-corrected chi connectivity index (χ4v) is 2.64. The molecule has 0 radical (unpaired) electrons. The molecule has 0 aliphatic carbocycles. The van der Waals surface area contributed by atoms with Crippen LogP contribution < -0.4 is 15.4 Å². The lowest BCUT2D eigenvalue weighted by Gasteiger charge is -2.10. The number of nitrogens with one attached hydrogen (secondary N) is 2. The molecule has 0 unspecified atom stereocenters. The second kappa shape index (κ2) is 10.8. The Kier molecular flexibility index (Phi) is 8.39. The molecule has 2 N–H and O–H groups in total. The zero-order chi connectivity index (χ0) is 19.6. The zero-order valence-electron chi connectivity index (χ0n) is 14.8. The molecule has 0 bridgehead atoms. The second-order valence-electron chi connectivity index (χ2n) is 5.63. The van der Waals surface area contributed by atoms with E-state index in [1.807, 2.05) is 0 Å². The minimum absolute atomic E-state index is 0.0860. The van der Waals surface area contributed by atoms with Crippen molar-refractivity contribution < 1.29 is 19.1 Å². The first-order chi connectivity index (χ1) is 13.0. The maximum atomic E-state index is 12.0. The number of halogens is 2. The molecular weight excluding hydrogens is 391 g/mol. The van der Waals surface area contributed by atoms with Crippen LogP contribution in [0.4, 0.5) is 5.69 Å². The third-order valence-corrected chi connectivity index (χ3v) is 4.01. The van der Waals surface area contributed by atoms with Gasteiger partial charge in [-0.05, 0) is 35.9 Å². The molecule has 27 heavy (non-hydrogen) atoms. The first-order valence-electron chi connectivity index (χ1n) is 8.20. The number of methoxy groups -OCH3 is 1. The molecule has 0 spiro atoms. The molecule has 0 aliphatic heterocycles. The van der Waals surface area contributed by atoms with Gasteiger partial charge >= 0.3 is 0 Å². The summed E-state index contributed by atoms with van der Waals surface area (Å²) in [6.07, 6.45) is 0.260. The van der Waals surface area contributed by atoms with Gasteiger partial charge in [-0.25, -0.2) is 0 Å². The molecule has 144 valence electrons. The molecule has 0 fully saturated rings. The Morgan fingerprint density at radius 2 is 1.78 bits per heavy atom. The zero-order valence-corrected chi connectivity index (χ0v) is 16.3. The van der Waals surface area contributed by atoms with E-state index in [2.05, 4.69) is 10.6 Å². The van der Waals surface area contributed by atoms with Gasteiger partial charge in [0.2, 0.25) is 5.91 Å². The van der Waals surface area contributed by atoms with Crippen LogP contribution >= 0.6 is 23.2 Å². The number of rotatable bonds is 9. The van der Waals surface area contributed by atoms with Crippen molar-refractivity contribution >= 4 is 40.7 Å². The van der Waals surface area contributed by atoms with E-state index in [-0.39, 0.29) is 24.8 Å². The van der Waals surface area contributed by atoms with E-state index in [1.54, 1.807) is 49.6 Å². The van der Waals surface area contributed by atoms with E-state index in [0.717, 1.165) is 5.56 Å². The smallest absolute Gasteiger partial charge is 0.262 e. The number of carbonyl (C=O) groups excluding carboxylic acids is 2. The summed E-state index contributed by atoms with van der Waals surface area (Å²) in [6, 6.07) is 11.8. The summed E-state index contributed by atoms with van der Waals surface area (Å²) in [4.78, 5) is 23.7. The fraction of sp³-hybridized carbons (Fsp3) is 0.263. The van der Waals surface area contributed by atoms with E-state index < -0.39 is 0 Å². The van der Waals surface area contributed by atoms with Crippen molar-refractivity contribution in [3.63, 3.8) is 0 Å². The third kappa shape index (κ3) is 7.46. The largest absolute Gasteiger partial charge is 0.482 e. The summed E-state index contributed by atoms with van der Waals surface area (Å²) in [6.45, 7) is 0.756. The number of anilines is 1. The molecule has 0 saturated heterocycles. The summed E-state index contributed by atoms with van der Waals surface area (Å²) >= 11 is 11.8. The average molecular weight is 411 g/mol. The molecule has 0 aliphatic rings. The van der Waals surface area contributed by atoms with E-state index in [0.29, 0.717) is 34.6 Å². The van der Waals surface area contributed by atoms with E-state index in [4.69, 9.17) is 32.7 Å². The lowest BCUT2D eigenvalue weighted by atomic mass is 10.1. The second-order valence-corrected chi connectivity index (χ2v) is 6.47. The van der Waals surface area contributed by atoms with Crippen LogP contribution in [0.15, 0.2) is 42.5 Å². The molecule has 8 heteroatoms. The highest BCUT2D eigenvalue weighted by molar-refractivity contribution is 6.35. The average Bonchev–Trinajstić information content (AvgIpc) is 2.63. The number of hydrogen-bond donors (Lipinski definition) is 2. The van der Waals surface area contributed by atoms with Crippen LogP contribution in [-0.2, 0) is 20.7 Å². The maximum absolute atomic E-state index is 12.0. The van der Waals surface area contributed by atoms with Gasteiger partial charge < -0.3 is 20.1 Å². The minimum Gasteiger partial charge on any atom is -0.482 e. The Balaban J connectivity index is 1.79. The lowest BCUT2D eigenvalue weighted by molar-refractivity contribution is -0.120. The Labute approximate surface area is 167 Å². The minimum atomic E-state index is -0.328. The van der Waals surface area contributed by atoms with Crippen LogP contribution in [0.25, 0.3) is 0 Å². The standard InChI is InChI=1S/C19H20Cl2N2O4/c1-26-9-8-22-18(24)10-13-2-5-15(6-3-13)23-19(25)12-27-17-7-4-14(20)11-16(17)21/h2-7,11H,8-10,12H2,1H3,(H,22,24)(H,23,25). The number of ether oxygens (including phenoxy) is 2. The quantitative estimate of drug-likeness (QED) is 0.621. The van der Waals surface area contributed by atoms with E-state index >= 15 is 0 Å². The molecule has 0 heterocycles. The molecule has 0 saturated carbocycles. The van der Waals surface area contributed by atoms with Crippen LogP contribution in [0.5, 0.6) is 5.75 Å². The van der Waals surface area contributed by atoms with Gasteiger partial charge in [-0.3, -0.25) is 9.59 Å². The van der Waals surface area contributed by atoms with Crippen LogP contribution in [-0.4, -0.2) is 38.7 Å². The summed E-state index contributed by atoms with van der Waals surface area (Å²) in [5, 5.41) is 6.29. The number of amides is 2. The van der Waals surface area contributed by atoms with Crippen LogP contribution in [0.3, 0.4) is 0 Å². The summed E-state index contributed by atoms with van der Waals surface area (Å²) in [5.74, 6) is -0.0331. The Morgan fingerprint density at radius 1 is 1.04 bits per heavy atom. The van der Waals surface area contributed by atoms with Crippen molar-refractivity contribution in [3.05, 3.63) is 58.1 Å². The molecule has 0 atom stereocenters. The lowest BCUT2D eigenvalue weighted by Crippen LogP contribution is -2.28. The molecule has 2 amide bonds. The summed E-state index contributed by atoms with van der Waals surface area (Å²) in [7, 11) is 1.58. The molecule has 2 aromatic carbocycles. The molecule has 2 rings (SSSR count). The topological polar surface area (TPSA) is 76.7 Å². The van der Waals surface area contributed by atoms with Gasteiger partial charge in [0.15, 0.2) is 6.61 Å². The van der Waals surface area contributed by atoms with Gasteiger partial charge in [0.25, 0.3) is 5.91 Å². The van der Waals surface area contributed by atoms with Crippen molar-refractivity contribution in [2.24, 2.45) is 0 Å². The normalized spacial score (nSPS) is 10.3. The highest BCUT2D eigenvalue weighted by Crippen LogP contribution is 2.27. The number of hydrogen-bond acceptors (Lipinski definition) is 4. The van der Waals surface area contributed by atoms with E-state index in [1.165, 1.54) is 0 Å². The van der Waals surface area contributed by atoms with Gasteiger partial charge in [-0.2, -0.15) is 0 Å². The molecule has 2 aromatic rings. The van der Waals surface area contributed by atoms with E-state index in [9.17, 15) is 9.59 Å². The predicted molar refractivity (Wildman–Crippen MR) is 106 cm³/mol. The van der Waals surface area contributed by atoms with Crippen molar-refractivity contribution in [2.45, 2.75) is 6.42 Å². The van der Waals surface area contributed by atoms with Crippen LogP contribution in [0.1, 0.15) is 5.56 Å². The number of carbonyl (C=O) groups is 2. The fourth-order valence-electron chi connectivity index (χ4n) is 2.18. The summed E-state index contributed by atoms with van der Waals surface area (Å²) in [5.41, 5.74) is 1.45. The first-order valence-corrected chi connectivity index (χ1v) is 8.96. The van der Waals surface area contributed by atoms with Gasteiger partial charge in [-0.1, -0.05) is 35.3 Å². The van der Waals surface area contributed by atoms with Gasteiger partial charge in [0.05, 0.1) is 18.1 Å². The van der Waals surface area contributed by atoms with Crippen LogP contribution in [0, 0.1) is 0 Å². The van der Waals surface area contributed by atoms with Crippen molar-refractivity contribution in [3.8, 4) is 5.75 Å². The monoisotopic (exact) mass is 410 g/mol. The SMILES string of the molecule is COCCNC(=O)Cc1ccc(NC(=O)COc2ccc(Cl)cc2Cl)cc1. The van der Waals surface area contributed by atoms with Gasteiger partial charge in [-0.15, -0.1) is 0 Å². The highest BCUT2D eigenvalue weighted by Gasteiger charge is 2.08. The Hall–Kier alpha value is -2.28. The van der Waals surface area contributed by atoms with Crippen molar-refractivity contribution in [1.82, 2.24) is 5.32 Å². The van der Waals surface area contributed by atoms with Gasteiger partial charge in [0.1, 0.15) is 5.75 Å². The third-order valence-electron chi connectivity index (χ3n) is 3.48. The molecular formula is C19H20Cl2N2O4. The molecule has 6 nitrogen and oxygen atoms in total. The Morgan fingerprint density at radius 3 is 2.44 bits per heavy atom. The Bertz CT molecular complexity index is 782. The first kappa shape index (κ1) is 21.0. The maximum Gasteiger partial charge on any atom is 0.262 e. The number of benzene rings is 2. The van der Waals surface area contributed by atoms with Gasteiger partial charge in [0, 0.05) is 24.4 Å². The predicted octanol–water partition coefficient (Wildman–Crippen LogP) is 3.32.